The fraction of sp³-hybridized carbons (Fsp3) is 0.500. The standard InChI is InChI=1S/C14H20FN3O/c1-17-5-6-18(10-13(17)9-16)14(19)8-11-3-2-4-12(15)7-11/h2-4,7,13H,5-6,8-10,16H2,1H3. The van der Waals surface area contributed by atoms with Crippen LogP contribution in [0, 0.1) is 5.82 Å². The Balaban J connectivity index is 1.97. The number of nitrogens with two attached hydrogens (primary N) is 1. The number of amides is 1. The van der Waals surface area contributed by atoms with Crippen molar-refractivity contribution in [1.82, 2.24) is 9.80 Å². The van der Waals surface area contributed by atoms with Gasteiger partial charge in [-0.05, 0) is 24.7 Å². The highest BCUT2D eigenvalue weighted by Gasteiger charge is 2.26. The largest absolute Gasteiger partial charge is 0.340 e. The van der Waals surface area contributed by atoms with Gasteiger partial charge in [0, 0.05) is 32.2 Å². The van der Waals surface area contributed by atoms with Gasteiger partial charge in [-0.15, -0.1) is 0 Å². The number of hydrogen-bond donors (Lipinski definition) is 1. The van der Waals surface area contributed by atoms with Crippen molar-refractivity contribution in [3.05, 3.63) is 35.6 Å². The van der Waals surface area contributed by atoms with Gasteiger partial charge in [0.05, 0.1) is 6.42 Å². The van der Waals surface area contributed by atoms with Crippen molar-refractivity contribution in [2.45, 2.75) is 12.5 Å². The number of halogens is 1. The molecule has 1 amide bonds. The maximum absolute atomic E-state index is 13.1. The molecule has 0 radical (unpaired) electrons. The van der Waals surface area contributed by atoms with Crippen LogP contribution in [0.5, 0.6) is 0 Å². The molecule has 5 heteroatoms. The second kappa shape index (κ2) is 6.12. The van der Waals surface area contributed by atoms with Crippen LogP contribution in [0.2, 0.25) is 0 Å². The van der Waals surface area contributed by atoms with E-state index in [0.29, 0.717) is 25.2 Å². The summed E-state index contributed by atoms with van der Waals surface area (Å²) in [6, 6.07) is 6.41. The molecule has 2 N–H and O–H groups in total. The summed E-state index contributed by atoms with van der Waals surface area (Å²) in [5.41, 5.74) is 6.42. The fourth-order valence-corrected chi connectivity index (χ4v) is 2.36. The summed E-state index contributed by atoms with van der Waals surface area (Å²) < 4.78 is 13.1. The Morgan fingerprint density at radius 3 is 2.95 bits per heavy atom. The molecule has 0 aliphatic carbocycles. The molecule has 2 rings (SSSR count). The van der Waals surface area contributed by atoms with Gasteiger partial charge in [-0.2, -0.15) is 0 Å². The second-order valence-corrected chi connectivity index (χ2v) is 5.02. The van der Waals surface area contributed by atoms with Gasteiger partial charge in [-0.1, -0.05) is 12.1 Å². The highest BCUT2D eigenvalue weighted by atomic mass is 19.1. The van der Waals surface area contributed by atoms with E-state index in [0.717, 1.165) is 6.54 Å². The van der Waals surface area contributed by atoms with Crippen molar-refractivity contribution in [3.63, 3.8) is 0 Å². The van der Waals surface area contributed by atoms with Gasteiger partial charge < -0.3 is 10.6 Å². The van der Waals surface area contributed by atoms with Gasteiger partial charge in [0.1, 0.15) is 5.82 Å². The number of hydrogen-bond acceptors (Lipinski definition) is 3. The lowest BCUT2D eigenvalue weighted by molar-refractivity contribution is -0.133. The Hall–Kier alpha value is -1.46. The Labute approximate surface area is 113 Å². The third-order valence-electron chi connectivity index (χ3n) is 3.65. The van der Waals surface area contributed by atoms with E-state index >= 15 is 0 Å². The summed E-state index contributed by atoms with van der Waals surface area (Å²) in [5.74, 6) is -0.263. The van der Waals surface area contributed by atoms with Crippen molar-refractivity contribution < 1.29 is 9.18 Å². The first-order chi connectivity index (χ1) is 9.10. The van der Waals surface area contributed by atoms with Crippen LogP contribution in [0.15, 0.2) is 24.3 Å². The van der Waals surface area contributed by atoms with Gasteiger partial charge in [0.25, 0.3) is 0 Å². The second-order valence-electron chi connectivity index (χ2n) is 5.02. The molecular formula is C14H20FN3O. The number of likely N-dealkylation sites (N-methyl/N-ethyl adjacent to an activating group) is 1. The third-order valence-corrected chi connectivity index (χ3v) is 3.65. The third kappa shape index (κ3) is 3.52. The minimum atomic E-state index is -0.302. The molecule has 0 spiro atoms. The van der Waals surface area contributed by atoms with E-state index in [1.165, 1.54) is 12.1 Å². The topological polar surface area (TPSA) is 49.6 Å². The molecule has 1 aliphatic rings. The van der Waals surface area contributed by atoms with Crippen molar-refractivity contribution in [3.8, 4) is 0 Å². The van der Waals surface area contributed by atoms with E-state index in [-0.39, 0.29) is 24.2 Å². The zero-order chi connectivity index (χ0) is 13.8. The molecule has 0 saturated carbocycles. The predicted octanol–water partition coefficient (Wildman–Crippen LogP) is 0.469. The SMILES string of the molecule is CN1CCN(C(=O)Cc2cccc(F)c2)CC1CN. The smallest absolute Gasteiger partial charge is 0.227 e. The molecule has 0 bridgehead atoms. The Bertz CT molecular complexity index is 452. The lowest BCUT2D eigenvalue weighted by atomic mass is 10.1. The quantitative estimate of drug-likeness (QED) is 0.864. The van der Waals surface area contributed by atoms with Crippen molar-refractivity contribution in [1.29, 1.82) is 0 Å². The van der Waals surface area contributed by atoms with Crippen molar-refractivity contribution >= 4 is 5.91 Å². The zero-order valence-electron chi connectivity index (χ0n) is 11.2. The van der Waals surface area contributed by atoms with Crippen LogP contribution < -0.4 is 5.73 Å². The summed E-state index contributed by atoms with van der Waals surface area (Å²) in [7, 11) is 2.02. The van der Waals surface area contributed by atoms with Crippen LogP contribution in [-0.2, 0) is 11.2 Å². The lowest BCUT2D eigenvalue weighted by Gasteiger charge is -2.39. The van der Waals surface area contributed by atoms with Crippen molar-refractivity contribution in [2.75, 3.05) is 33.2 Å². The first kappa shape index (κ1) is 14.0. The van der Waals surface area contributed by atoms with E-state index in [9.17, 15) is 9.18 Å². The number of rotatable bonds is 3. The molecule has 1 heterocycles. The summed E-state index contributed by atoms with van der Waals surface area (Å²) in [6.07, 6.45) is 0.249. The molecule has 1 saturated heterocycles. The van der Waals surface area contributed by atoms with E-state index in [1.54, 1.807) is 12.1 Å². The number of benzene rings is 1. The number of piperazine rings is 1. The Kier molecular flexibility index (Phi) is 4.50. The van der Waals surface area contributed by atoms with Gasteiger partial charge >= 0.3 is 0 Å². The molecular weight excluding hydrogens is 245 g/mol. The zero-order valence-corrected chi connectivity index (χ0v) is 11.2. The molecule has 104 valence electrons. The minimum absolute atomic E-state index is 0.0390. The molecule has 4 nitrogen and oxygen atoms in total. The molecule has 1 aliphatic heterocycles. The van der Waals surface area contributed by atoms with Crippen molar-refractivity contribution in [2.24, 2.45) is 5.73 Å². The monoisotopic (exact) mass is 265 g/mol. The lowest BCUT2D eigenvalue weighted by Crippen LogP contribution is -2.56. The average Bonchev–Trinajstić information content (AvgIpc) is 2.39. The van der Waals surface area contributed by atoms with Gasteiger partial charge in [-0.3, -0.25) is 9.69 Å². The molecule has 1 fully saturated rings. The van der Waals surface area contributed by atoms with Crippen LogP contribution in [-0.4, -0.2) is 55.0 Å². The minimum Gasteiger partial charge on any atom is -0.340 e. The van der Waals surface area contributed by atoms with Gasteiger partial charge in [0.2, 0.25) is 5.91 Å². The maximum atomic E-state index is 13.1. The van der Waals surface area contributed by atoms with E-state index in [2.05, 4.69) is 4.90 Å². The van der Waals surface area contributed by atoms with Crippen LogP contribution in [0.1, 0.15) is 5.56 Å². The average molecular weight is 265 g/mol. The van der Waals surface area contributed by atoms with E-state index in [1.807, 2.05) is 11.9 Å². The molecule has 1 aromatic rings. The molecule has 1 unspecified atom stereocenters. The molecule has 1 aromatic carbocycles. The number of nitrogens with zero attached hydrogens (tertiary/aromatic N) is 2. The summed E-state index contributed by atoms with van der Waals surface area (Å²) >= 11 is 0. The van der Waals surface area contributed by atoms with Crippen LogP contribution >= 0.6 is 0 Å². The normalized spacial score (nSPS) is 20.6. The van der Waals surface area contributed by atoms with Crippen LogP contribution in [0.3, 0.4) is 0 Å². The number of carbonyl (C=O) groups is 1. The first-order valence-electron chi connectivity index (χ1n) is 6.52. The van der Waals surface area contributed by atoms with E-state index < -0.39 is 0 Å². The Morgan fingerprint density at radius 2 is 2.26 bits per heavy atom. The highest BCUT2D eigenvalue weighted by Crippen LogP contribution is 2.10. The molecule has 0 aromatic heterocycles. The van der Waals surface area contributed by atoms with Crippen LogP contribution in [0.4, 0.5) is 4.39 Å². The highest BCUT2D eigenvalue weighted by molar-refractivity contribution is 5.79. The van der Waals surface area contributed by atoms with Gasteiger partial charge in [-0.25, -0.2) is 4.39 Å². The van der Waals surface area contributed by atoms with Crippen LogP contribution in [0.25, 0.3) is 0 Å². The van der Waals surface area contributed by atoms with Gasteiger partial charge in [0.15, 0.2) is 0 Å². The summed E-state index contributed by atoms with van der Waals surface area (Å²) in [5, 5.41) is 0. The molecule has 19 heavy (non-hydrogen) atoms. The molecule has 1 atom stereocenters. The number of carbonyl (C=O) groups excluding carboxylic acids is 1. The summed E-state index contributed by atoms with van der Waals surface area (Å²) in [4.78, 5) is 16.2. The van der Waals surface area contributed by atoms with E-state index in [4.69, 9.17) is 5.73 Å². The summed E-state index contributed by atoms with van der Waals surface area (Å²) in [6.45, 7) is 2.74. The first-order valence-corrected chi connectivity index (χ1v) is 6.52. The fourth-order valence-electron chi connectivity index (χ4n) is 2.36. The predicted molar refractivity (Wildman–Crippen MR) is 72.2 cm³/mol. The maximum Gasteiger partial charge on any atom is 0.227 e. The Morgan fingerprint density at radius 1 is 1.47 bits per heavy atom.